The van der Waals surface area contributed by atoms with Crippen LogP contribution in [0.25, 0.3) is 0 Å². The minimum Gasteiger partial charge on any atom is -0.287 e. The van der Waals surface area contributed by atoms with E-state index in [0.717, 1.165) is 12.8 Å². The van der Waals surface area contributed by atoms with Gasteiger partial charge in [-0.05, 0) is 43.7 Å². The van der Waals surface area contributed by atoms with Gasteiger partial charge < -0.3 is 0 Å². The van der Waals surface area contributed by atoms with E-state index in [1.807, 2.05) is 36.4 Å². The maximum absolute atomic E-state index is 12.3. The van der Waals surface area contributed by atoms with Crippen LogP contribution in [0.5, 0.6) is 0 Å². The molecule has 0 saturated heterocycles. The predicted octanol–water partition coefficient (Wildman–Crippen LogP) is 4.23. The Labute approximate surface area is 134 Å². The molecule has 1 aromatic rings. The largest absolute Gasteiger partial charge is 0.287 e. The smallest absolute Gasteiger partial charge is 0.265 e. The van der Waals surface area contributed by atoms with Gasteiger partial charge in [-0.15, -0.1) is 6.58 Å². The highest BCUT2D eigenvalue weighted by Crippen LogP contribution is 2.36. The van der Waals surface area contributed by atoms with Crippen LogP contribution in [0.3, 0.4) is 0 Å². The Hall–Kier alpha value is -1.61. The lowest BCUT2D eigenvalue weighted by atomic mass is 9.72. The van der Waals surface area contributed by atoms with Crippen LogP contribution in [0.15, 0.2) is 43.0 Å². The molecule has 1 aliphatic carbocycles. The second-order valence-electron chi connectivity index (χ2n) is 6.28. The van der Waals surface area contributed by atoms with Crippen LogP contribution in [0.1, 0.15) is 62.2 Å². The van der Waals surface area contributed by atoms with Gasteiger partial charge in [0.2, 0.25) is 0 Å². The average molecular weight is 300 g/mol. The molecule has 22 heavy (non-hydrogen) atoms. The molecule has 0 aliphatic heterocycles. The molecule has 120 valence electrons. The van der Waals surface area contributed by atoms with E-state index in [1.54, 1.807) is 0 Å². The fourth-order valence-electron chi connectivity index (χ4n) is 3.60. The van der Waals surface area contributed by atoms with E-state index < -0.39 is 0 Å². The predicted molar refractivity (Wildman–Crippen MR) is 91.5 cm³/mol. The van der Waals surface area contributed by atoms with E-state index in [9.17, 15) is 4.79 Å². The molecule has 2 N–H and O–H groups in total. The summed E-state index contributed by atoms with van der Waals surface area (Å²) < 4.78 is 0. The fourth-order valence-corrected chi connectivity index (χ4v) is 3.60. The molecule has 1 amide bonds. The quantitative estimate of drug-likeness (QED) is 0.584. The molecule has 0 aromatic heterocycles. The minimum absolute atomic E-state index is 0.0710. The molecule has 0 heterocycles. The summed E-state index contributed by atoms with van der Waals surface area (Å²) in [5.41, 5.74) is 6.92. The lowest BCUT2D eigenvalue weighted by Gasteiger charge is -2.42. The Morgan fingerprint density at radius 1 is 1.27 bits per heavy atom. The highest BCUT2D eigenvalue weighted by atomic mass is 16.2. The van der Waals surface area contributed by atoms with E-state index in [1.165, 1.54) is 32.1 Å². The molecular formula is C19H28N2O. The summed E-state index contributed by atoms with van der Waals surface area (Å²) in [6.07, 6.45) is 10.2. The van der Waals surface area contributed by atoms with Crippen molar-refractivity contribution in [2.24, 2.45) is 5.92 Å². The van der Waals surface area contributed by atoms with Crippen molar-refractivity contribution in [3.05, 3.63) is 48.6 Å². The van der Waals surface area contributed by atoms with Gasteiger partial charge >= 0.3 is 0 Å². The first-order valence-electron chi connectivity index (χ1n) is 8.45. The molecular weight excluding hydrogens is 272 g/mol. The van der Waals surface area contributed by atoms with E-state index in [4.69, 9.17) is 0 Å². The number of benzene rings is 1. The van der Waals surface area contributed by atoms with E-state index in [0.29, 0.717) is 11.5 Å². The number of hydrazine groups is 1. The van der Waals surface area contributed by atoms with Gasteiger partial charge in [0.1, 0.15) is 0 Å². The van der Waals surface area contributed by atoms with Crippen LogP contribution in [-0.4, -0.2) is 11.4 Å². The topological polar surface area (TPSA) is 41.1 Å². The monoisotopic (exact) mass is 300 g/mol. The number of carbonyl (C=O) groups is 1. The van der Waals surface area contributed by atoms with Crippen LogP contribution in [0.4, 0.5) is 0 Å². The van der Waals surface area contributed by atoms with Crippen LogP contribution in [-0.2, 0) is 0 Å². The van der Waals surface area contributed by atoms with Crippen molar-refractivity contribution in [1.29, 1.82) is 0 Å². The van der Waals surface area contributed by atoms with E-state index in [-0.39, 0.29) is 11.4 Å². The molecule has 0 bridgehead atoms. The second-order valence-corrected chi connectivity index (χ2v) is 6.28. The Kier molecular flexibility index (Phi) is 6.20. The normalized spacial score (nSPS) is 18.4. The molecule has 1 aliphatic rings. The summed E-state index contributed by atoms with van der Waals surface area (Å²) in [6, 6.07) is 9.34. The zero-order chi connectivity index (χ0) is 15.8. The summed E-state index contributed by atoms with van der Waals surface area (Å²) in [7, 11) is 0. The maximum atomic E-state index is 12.3. The fraction of sp³-hybridized carbons (Fsp3) is 0.526. The van der Waals surface area contributed by atoms with Gasteiger partial charge in [-0.25, -0.2) is 5.43 Å². The lowest BCUT2D eigenvalue weighted by molar-refractivity contribution is 0.0834. The highest BCUT2D eigenvalue weighted by molar-refractivity contribution is 5.93. The number of nitrogens with one attached hydrogen (secondary N) is 2. The lowest BCUT2D eigenvalue weighted by Crippen LogP contribution is -2.58. The highest BCUT2D eigenvalue weighted by Gasteiger charge is 2.37. The van der Waals surface area contributed by atoms with Gasteiger partial charge in [0.15, 0.2) is 0 Å². The Bertz CT molecular complexity index is 479. The SMILES string of the molecule is C=CC[C@@](CC)(NNC(=O)c1ccccc1)C1CCCCC1. The summed E-state index contributed by atoms with van der Waals surface area (Å²) in [4.78, 5) is 12.3. The van der Waals surface area contributed by atoms with Crippen molar-refractivity contribution in [2.75, 3.05) is 0 Å². The second kappa shape index (κ2) is 8.14. The first kappa shape index (κ1) is 16.8. The van der Waals surface area contributed by atoms with Crippen molar-refractivity contribution in [1.82, 2.24) is 10.9 Å². The van der Waals surface area contributed by atoms with E-state index in [2.05, 4.69) is 24.4 Å². The summed E-state index contributed by atoms with van der Waals surface area (Å²) >= 11 is 0. The van der Waals surface area contributed by atoms with Gasteiger partial charge in [-0.2, -0.15) is 0 Å². The third kappa shape index (κ3) is 3.98. The molecule has 1 saturated carbocycles. The number of amides is 1. The van der Waals surface area contributed by atoms with Crippen molar-refractivity contribution in [3.63, 3.8) is 0 Å². The summed E-state index contributed by atoms with van der Waals surface area (Å²) in [5, 5.41) is 0. The third-order valence-electron chi connectivity index (χ3n) is 4.99. The van der Waals surface area contributed by atoms with Crippen molar-refractivity contribution < 1.29 is 4.79 Å². The average Bonchev–Trinajstić information content (AvgIpc) is 2.60. The van der Waals surface area contributed by atoms with Gasteiger partial charge in [0.05, 0.1) is 0 Å². The Morgan fingerprint density at radius 3 is 2.55 bits per heavy atom. The van der Waals surface area contributed by atoms with Crippen LogP contribution >= 0.6 is 0 Å². The first-order valence-corrected chi connectivity index (χ1v) is 8.45. The van der Waals surface area contributed by atoms with Gasteiger partial charge in [-0.3, -0.25) is 10.2 Å². The molecule has 3 heteroatoms. The van der Waals surface area contributed by atoms with Crippen LogP contribution in [0.2, 0.25) is 0 Å². The van der Waals surface area contributed by atoms with Crippen LogP contribution in [0, 0.1) is 5.92 Å². The molecule has 1 aromatic carbocycles. The zero-order valence-corrected chi connectivity index (χ0v) is 13.6. The van der Waals surface area contributed by atoms with Crippen molar-refractivity contribution in [3.8, 4) is 0 Å². The first-order chi connectivity index (χ1) is 10.7. The molecule has 3 nitrogen and oxygen atoms in total. The zero-order valence-electron chi connectivity index (χ0n) is 13.6. The van der Waals surface area contributed by atoms with Gasteiger partial charge in [0, 0.05) is 11.1 Å². The molecule has 1 atom stereocenters. The molecule has 2 rings (SSSR count). The van der Waals surface area contributed by atoms with Crippen molar-refractivity contribution >= 4 is 5.91 Å². The summed E-state index contributed by atoms with van der Waals surface area (Å²) in [6.45, 7) is 6.12. The third-order valence-corrected chi connectivity index (χ3v) is 4.99. The number of rotatable bonds is 7. The Morgan fingerprint density at radius 2 is 1.95 bits per heavy atom. The molecule has 0 spiro atoms. The van der Waals surface area contributed by atoms with Gasteiger partial charge in [0.25, 0.3) is 5.91 Å². The Balaban J connectivity index is 2.05. The van der Waals surface area contributed by atoms with Crippen LogP contribution < -0.4 is 10.9 Å². The number of hydrogen-bond donors (Lipinski definition) is 2. The maximum Gasteiger partial charge on any atom is 0.265 e. The van der Waals surface area contributed by atoms with E-state index >= 15 is 0 Å². The van der Waals surface area contributed by atoms with Gasteiger partial charge in [-0.1, -0.05) is 50.5 Å². The molecule has 1 fully saturated rings. The molecule has 0 radical (unpaired) electrons. The minimum atomic E-state index is -0.0768. The van der Waals surface area contributed by atoms with Crippen molar-refractivity contribution in [2.45, 2.75) is 57.4 Å². The molecule has 0 unspecified atom stereocenters. The number of hydrogen-bond acceptors (Lipinski definition) is 2. The summed E-state index contributed by atoms with van der Waals surface area (Å²) in [5.74, 6) is 0.527. The standard InChI is InChI=1S/C19H28N2O/c1-3-15-19(4-2,17-13-9-6-10-14-17)21-20-18(22)16-11-7-5-8-12-16/h3,5,7-8,11-12,17,21H,1,4,6,9-10,13-15H2,2H3,(H,20,22)/t19-/m1/s1. The number of carbonyl (C=O) groups excluding carboxylic acids is 1.